The molecule has 1 aromatic heterocycles. The summed E-state index contributed by atoms with van der Waals surface area (Å²) in [6, 6.07) is 0.936. The third-order valence-corrected chi connectivity index (χ3v) is 5.30. The number of carbonyl (C=O) groups is 2. The van der Waals surface area contributed by atoms with E-state index in [2.05, 4.69) is 20.9 Å². The average molecular weight is 365 g/mol. The van der Waals surface area contributed by atoms with Crippen LogP contribution in [0.3, 0.4) is 0 Å². The van der Waals surface area contributed by atoms with E-state index in [1.54, 1.807) is 6.20 Å². The lowest BCUT2D eigenvalue weighted by Crippen LogP contribution is -2.44. The van der Waals surface area contributed by atoms with Gasteiger partial charge in [-0.05, 0) is 28.4 Å². The van der Waals surface area contributed by atoms with E-state index >= 15 is 0 Å². The number of aliphatic carboxylic acids is 1. The van der Waals surface area contributed by atoms with Gasteiger partial charge in [0.15, 0.2) is 9.84 Å². The second-order valence-electron chi connectivity index (χ2n) is 4.62. The largest absolute Gasteiger partial charge is 0.480 e. The van der Waals surface area contributed by atoms with Crippen LogP contribution < -0.4 is 0 Å². The first kappa shape index (κ1) is 15.0. The summed E-state index contributed by atoms with van der Waals surface area (Å²) < 4.78 is 23.6. The molecule has 2 N–H and O–H groups in total. The number of aromatic amines is 1. The van der Waals surface area contributed by atoms with Gasteiger partial charge in [-0.3, -0.25) is 9.59 Å². The van der Waals surface area contributed by atoms with Crippen molar-refractivity contribution in [3.05, 3.63) is 22.4 Å². The van der Waals surface area contributed by atoms with Gasteiger partial charge in [0, 0.05) is 16.7 Å². The number of aromatic nitrogens is 1. The van der Waals surface area contributed by atoms with Crippen LogP contribution in [0.1, 0.15) is 16.9 Å². The Bertz CT molecular complexity index is 639. The normalized spacial score (nSPS) is 20.8. The number of amides is 1. The number of carboxylic acid groups (broad SMARTS) is 1. The molecule has 7 nitrogen and oxygen atoms in total. The van der Waals surface area contributed by atoms with E-state index in [0.29, 0.717) is 4.47 Å². The summed E-state index contributed by atoms with van der Waals surface area (Å²) in [4.78, 5) is 27.0. The van der Waals surface area contributed by atoms with E-state index in [1.165, 1.54) is 6.07 Å². The zero-order chi connectivity index (χ0) is 14.9. The molecule has 1 aliphatic rings. The predicted octanol–water partition coefficient (Wildman–Crippen LogP) is 0.491. The first-order valence-electron chi connectivity index (χ1n) is 5.85. The first-order valence-corrected chi connectivity index (χ1v) is 8.47. The van der Waals surface area contributed by atoms with E-state index < -0.39 is 34.3 Å². The molecule has 110 valence electrons. The fourth-order valence-electron chi connectivity index (χ4n) is 2.18. The number of sulfone groups is 1. The van der Waals surface area contributed by atoms with E-state index in [4.69, 9.17) is 5.11 Å². The van der Waals surface area contributed by atoms with Crippen LogP contribution in [0.25, 0.3) is 0 Å². The third kappa shape index (κ3) is 3.40. The molecule has 1 saturated heterocycles. The molecule has 1 fully saturated rings. The molecule has 0 bridgehead atoms. The van der Waals surface area contributed by atoms with Gasteiger partial charge in [0.2, 0.25) is 0 Å². The summed E-state index contributed by atoms with van der Waals surface area (Å²) in [5.41, 5.74) is 0.224. The number of H-pyrrole nitrogens is 1. The quantitative estimate of drug-likeness (QED) is 0.808. The van der Waals surface area contributed by atoms with Crippen molar-refractivity contribution in [2.45, 2.75) is 12.5 Å². The van der Waals surface area contributed by atoms with Crippen molar-refractivity contribution in [2.24, 2.45) is 0 Å². The fraction of sp³-hybridized carbons (Fsp3) is 0.455. The Kier molecular flexibility index (Phi) is 4.19. The van der Waals surface area contributed by atoms with E-state index in [9.17, 15) is 18.0 Å². The van der Waals surface area contributed by atoms with Crippen LogP contribution in [0.15, 0.2) is 16.7 Å². The number of hydrogen-bond acceptors (Lipinski definition) is 4. The molecule has 1 aromatic rings. The van der Waals surface area contributed by atoms with Gasteiger partial charge >= 0.3 is 5.97 Å². The highest BCUT2D eigenvalue weighted by molar-refractivity contribution is 9.10. The number of rotatable bonds is 4. The molecular weight excluding hydrogens is 352 g/mol. The maximum atomic E-state index is 12.3. The number of hydrogen-bond donors (Lipinski definition) is 2. The zero-order valence-electron chi connectivity index (χ0n) is 10.4. The van der Waals surface area contributed by atoms with Crippen LogP contribution in [-0.4, -0.2) is 59.4 Å². The minimum atomic E-state index is -3.19. The highest BCUT2D eigenvalue weighted by Gasteiger charge is 2.36. The Morgan fingerprint density at radius 1 is 1.50 bits per heavy atom. The molecular formula is C11H13BrN2O5S. The van der Waals surface area contributed by atoms with Gasteiger partial charge in [0.05, 0.1) is 11.5 Å². The monoisotopic (exact) mass is 364 g/mol. The standard InChI is InChI=1S/C11H13BrN2O5S/c12-7-3-9(13-4-7)11(17)14(5-10(15)16)8-1-2-20(18,19)6-8/h3-4,8,13H,1-2,5-6H2,(H,15,16). The molecule has 0 radical (unpaired) electrons. The Morgan fingerprint density at radius 3 is 2.65 bits per heavy atom. The van der Waals surface area contributed by atoms with Gasteiger partial charge in [-0.15, -0.1) is 0 Å². The van der Waals surface area contributed by atoms with Crippen molar-refractivity contribution in [3.8, 4) is 0 Å². The van der Waals surface area contributed by atoms with E-state index in [1.807, 2.05) is 0 Å². The molecule has 1 aliphatic heterocycles. The van der Waals surface area contributed by atoms with Crippen LogP contribution in [0.5, 0.6) is 0 Å². The van der Waals surface area contributed by atoms with Crippen LogP contribution in [0.4, 0.5) is 0 Å². The zero-order valence-corrected chi connectivity index (χ0v) is 12.8. The van der Waals surface area contributed by atoms with Crippen molar-refractivity contribution < 1.29 is 23.1 Å². The van der Waals surface area contributed by atoms with Gasteiger partial charge in [-0.2, -0.15) is 0 Å². The van der Waals surface area contributed by atoms with Crippen LogP contribution in [0, 0.1) is 0 Å². The molecule has 1 atom stereocenters. The van der Waals surface area contributed by atoms with Gasteiger partial charge in [-0.1, -0.05) is 0 Å². The second kappa shape index (κ2) is 5.57. The van der Waals surface area contributed by atoms with Crippen molar-refractivity contribution in [1.29, 1.82) is 0 Å². The molecule has 2 rings (SSSR count). The molecule has 1 amide bonds. The number of carboxylic acids is 1. The summed E-state index contributed by atoms with van der Waals surface area (Å²) in [5, 5.41) is 8.91. The minimum absolute atomic E-state index is 0.0184. The molecule has 1 unspecified atom stereocenters. The summed E-state index contributed by atoms with van der Waals surface area (Å²) in [5.74, 6) is -1.89. The van der Waals surface area contributed by atoms with Gasteiger partial charge < -0.3 is 15.0 Å². The molecule has 2 heterocycles. The third-order valence-electron chi connectivity index (χ3n) is 3.09. The molecule has 20 heavy (non-hydrogen) atoms. The summed E-state index contributed by atoms with van der Waals surface area (Å²) in [7, 11) is -3.19. The van der Waals surface area contributed by atoms with Crippen LogP contribution in [-0.2, 0) is 14.6 Å². The highest BCUT2D eigenvalue weighted by atomic mass is 79.9. The van der Waals surface area contributed by atoms with Crippen LogP contribution >= 0.6 is 15.9 Å². The fourth-order valence-corrected chi connectivity index (χ4v) is 4.25. The lowest BCUT2D eigenvalue weighted by Gasteiger charge is -2.26. The van der Waals surface area contributed by atoms with Gasteiger partial charge in [0.1, 0.15) is 12.2 Å². The molecule has 0 aliphatic carbocycles. The second-order valence-corrected chi connectivity index (χ2v) is 7.76. The number of carbonyl (C=O) groups excluding carboxylic acids is 1. The van der Waals surface area contributed by atoms with E-state index in [0.717, 1.165) is 4.90 Å². The number of halogens is 1. The minimum Gasteiger partial charge on any atom is -0.480 e. The number of nitrogens with zero attached hydrogens (tertiary/aromatic N) is 1. The van der Waals surface area contributed by atoms with Crippen molar-refractivity contribution in [2.75, 3.05) is 18.1 Å². The average Bonchev–Trinajstić information content (AvgIpc) is 2.91. The maximum absolute atomic E-state index is 12.3. The van der Waals surface area contributed by atoms with Gasteiger partial charge in [0.25, 0.3) is 5.91 Å². The molecule has 0 spiro atoms. The Labute approximate surface area is 124 Å². The van der Waals surface area contributed by atoms with Gasteiger partial charge in [-0.25, -0.2) is 8.42 Å². The molecule has 9 heteroatoms. The van der Waals surface area contributed by atoms with Crippen molar-refractivity contribution in [1.82, 2.24) is 9.88 Å². The maximum Gasteiger partial charge on any atom is 0.323 e. The van der Waals surface area contributed by atoms with E-state index in [-0.39, 0.29) is 23.6 Å². The summed E-state index contributed by atoms with van der Waals surface area (Å²) >= 11 is 3.19. The predicted molar refractivity (Wildman–Crippen MR) is 74.2 cm³/mol. The first-order chi connectivity index (χ1) is 9.28. The highest BCUT2D eigenvalue weighted by Crippen LogP contribution is 2.20. The number of nitrogens with one attached hydrogen (secondary N) is 1. The Hall–Kier alpha value is -1.35. The van der Waals surface area contributed by atoms with Crippen molar-refractivity contribution >= 4 is 37.6 Å². The van der Waals surface area contributed by atoms with Crippen molar-refractivity contribution in [3.63, 3.8) is 0 Å². The lowest BCUT2D eigenvalue weighted by atomic mass is 10.2. The summed E-state index contributed by atoms with van der Waals surface area (Å²) in [6.07, 6.45) is 1.82. The lowest BCUT2D eigenvalue weighted by molar-refractivity contribution is -0.138. The van der Waals surface area contributed by atoms with Crippen LogP contribution in [0.2, 0.25) is 0 Å². The molecule has 0 aromatic carbocycles. The summed E-state index contributed by atoms with van der Waals surface area (Å²) in [6.45, 7) is -0.518. The SMILES string of the molecule is O=C(O)CN(C(=O)c1cc(Br)c[nH]1)C1CCS(=O)(=O)C1. The topological polar surface area (TPSA) is 108 Å². The smallest absolute Gasteiger partial charge is 0.323 e. The Balaban J connectivity index is 2.24. The Morgan fingerprint density at radius 2 is 2.20 bits per heavy atom. The molecule has 0 saturated carbocycles.